The van der Waals surface area contributed by atoms with Crippen LogP contribution in [0.15, 0.2) is 0 Å². The second kappa shape index (κ2) is 5.90. The summed E-state index contributed by atoms with van der Waals surface area (Å²) in [5.74, 6) is 0.395. The van der Waals surface area contributed by atoms with Crippen molar-refractivity contribution >= 4 is 8.25 Å². The first kappa shape index (κ1) is 10.2. The fourth-order valence-electron chi connectivity index (χ4n) is 0.790. The Morgan fingerprint density at radius 3 is 2.70 bits per heavy atom. The molecule has 3 nitrogen and oxygen atoms in total. The molecule has 0 saturated carbocycles. The summed E-state index contributed by atoms with van der Waals surface area (Å²) in [7, 11) is -2.70. The maximum absolute atomic E-state index is 10.1. The molecule has 0 aliphatic carbocycles. The highest BCUT2D eigenvalue weighted by Crippen LogP contribution is 2.17. The van der Waals surface area contributed by atoms with E-state index in [1.807, 2.05) is 6.92 Å². The van der Waals surface area contributed by atoms with Crippen LogP contribution in [0.1, 0.15) is 26.7 Å². The van der Waals surface area contributed by atoms with E-state index in [4.69, 9.17) is 4.89 Å². The molecule has 0 heterocycles. The maximum Gasteiger partial charge on any atom is 0.316 e. The Kier molecular flexibility index (Phi) is 5.99. The minimum absolute atomic E-state index is 0.395. The number of hydrogen-bond acceptors (Lipinski definition) is 2. The molecule has 0 saturated heterocycles. The van der Waals surface area contributed by atoms with Gasteiger partial charge in [-0.1, -0.05) is 20.3 Å². The summed E-state index contributed by atoms with van der Waals surface area (Å²) in [5.41, 5.74) is 0. The van der Waals surface area contributed by atoms with Crippen LogP contribution in [0.25, 0.3) is 0 Å². The molecule has 2 unspecified atom stereocenters. The molecule has 1 N–H and O–H groups in total. The Morgan fingerprint density at radius 1 is 1.70 bits per heavy atom. The third-order valence-corrected chi connectivity index (χ3v) is 1.69. The lowest BCUT2D eigenvalue weighted by Crippen LogP contribution is -2.01. The van der Waals surface area contributed by atoms with Gasteiger partial charge in [0.1, 0.15) is 0 Å². The third-order valence-electron chi connectivity index (χ3n) is 1.27. The van der Waals surface area contributed by atoms with Gasteiger partial charge >= 0.3 is 8.25 Å². The second-order valence-electron chi connectivity index (χ2n) is 2.47. The van der Waals surface area contributed by atoms with Crippen LogP contribution in [0.5, 0.6) is 0 Å². The zero-order valence-electron chi connectivity index (χ0n) is 6.46. The predicted molar refractivity (Wildman–Crippen MR) is 41.2 cm³/mol. The van der Waals surface area contributed by atoms with Gasteiger partial charge < -0.3 is 9.42 Å². The SMILES string of the molecule is CCCC(C)CO[PH](=O)O. The molecule has 0 bridgehead atoms. The summed E-state index contributed by atoms with van der Waals surface area (Å²) in [4.78, 5) is 8.29. The van der Waals surface area contributed by atoms with Gasteiger partial charge in [0.05, 0.1) is 6.61 Å². The molecule has 0 aliphatic rings. The van der Waals surface area contributed by atoms with Crippen LogP contribution in [0.2, 0.25) is 0 Å². The van der Waals surface area contributed by atoms with Crippen LogP contribution in [0, 0.1) is 5.92 Å². The van der Waals surface area contributed by atoms with Crippen LogP contribution in [0.3, 0.4) is 0 Å². The zero-order valence-corrected chi connectivity index (χ0v) is 7.46. The largest absolute Gasteiger partial charge is 0.326 e. The Labute approximate surface area is 62.3 Å². The quantitative estimate of drug-likeness (QED) is 0.633. The minimum Gasteiger partial charge on any atom is -0.326 e. The fourth-order valence-corrected chi connectivity index (χ4v) is 1.22. The van der Waals surface area contributed by atoms with E-state index in [1.165, 1.54) is 0 Å². The monoisotopic (exact) mass is 166 g/mol. The van der Waals surface area contributed by atoms with Gasteiger partial charge in [-0.2, -0.15) is 0 Å². The van der Waals surface area contributed by atoms with Crippen LogP contribution in [-0.2, 0) is 9.09 Å². The van der Waals surface area contributed by atoms with E-state index in [2.05, 4.69) is 11.4 Å². The highest BCUT2D eigenvalue weighted by molar-refractivity contribution is 7.32. The van der Waals surface area contributed by atoms with Crippen molar-refractivity contribution in [1.29, 1.82) is 0 Å². The van der Waals surface area contributed by atoms with Gasteiger partial charge in [-0.3, -0.25) is 4.57 Å². The maximum atomic E-state index is 10.1. The lowest BCUT2D eigenvalue weighted by molar-refractivity contribution is 0.233. The Hall–Kier alpha value is 0.150. The number of rotatable bonds is 5. The van der Waals surface area contributed by atoms with Gasteiger partial charge in [-0.15, -0.1) is 0 Å². The first-order valence-electron chi connectivity index (χ1n) is 3.52. The summed E-state index contributed by atoms with van der Waals surface area (Å²) in [5, 5.41) is 0. The average molecular weight is 166 g/mol. The molecular formula is C6H15O3P. The standard InChI is InChI=1S/C6H15O3P/c1-3-4-6(2)5-9-10(7)8/h6,10H,3-5H2,1-2H3,(H,7,8). The summed E-state index contributed by atoms with van der Waals surface area (Å²) >= 11 is 0. The Balaban J connectivity index is 3.21. The lowest BCUT2D eigenvalue weighted by atomic mass is 10.1. The highest BCUT2D eigenvalue weighted by atomic mass is 31.1. The van der Waals surface area contributed by atoms with Gasteiger partial charge in [0.15, 0.2) is 0 Å². The van der Waals surface area contributed by atoms with Crippen molar-refractivity contribution in [2.24, 2.45) is 5.92 Å². The molecule has 0 amide bonds. The molecule has 0 aromatic heterocycles. The third kappa shape index (κ3) is 6.27. The van der Waals surface area contributed by atoms with E-state index in [1.54, 1.807) is 0 Å². The van der Waals surface area contributed by atoms with Gasteiger partial charge in [-0.25, -0.2) is 0 Å². The van der Waals surface area contributed by atoms with E-state index in [0.29, 0.717) is 12.5 Å². The average Bonchev–Trinajstić information content (AvgIpc) is 1.85. The molecule has 0 aromatic carbocycles. The van der Waals surface area contributed by atoms with Crippen molar-refractivity contribution in [1.82, 2.24) is 0 Å². The molecule has 0 aliphatic heterocycles. The van der Waals surface area contributed by atoms with Gasteiger partial charge in [0.2, 0.25) is 0 Å². The Bertz CT molecular complexity index is 105. The van der Waals surface area contributed by atoms with E-state index in [-0.39, 0.29) is 0 Å². The van der Waals surface area contributed by atoms with Crippen LogP contribution >= 0.6 is 8.25 Å². The van der Waals surface area contributed by atoms with Gasteiger partial charge in [0, 0.05) is 0 Å². The first-order valence-corrected chi connectivity index (χ1v) is 4.79. The summed E-state index contributed by atoms with van der Waals surface area (Å²) in [6.07, 6.45) is 2.14. The fraction of sp³-hybridized carbons (Fsp3) is 1.00. The molecule has 10 heavy (non-hydrogen) atoms. The van der Waals surface area contributed by atoms with Crippen molar-refractivity contribution < 1.29 is 14.0 Å². The van der Waals surface area contributed by atoms with Gasteiger partial charge in [-0.05, 0) is 12.3 Å². The predicted octanol–water partition coefficient (Wildman–Crippen LogP) is 1.82. The van der Waals surface area contributed by atoms with Crippen molar-refractivity contribution in [3.63, 3.8) is 0 Å². The molecule has 0 aromatic rings. The van der Waals surface area contributed by atoms with Crippen LogP contribution in [-0.4, -0.2) is 11.5 Å². The number of hydrogen-bond donors (Lipinski definition) is 1. The molecular weight excluding hydrogens is 151 g/mol. The molecule has 2 atom stereocenters. The molecule has 4 heteroatoms. The first-order chi connectivity index (χ1) is 4.66. The van der Waals surface area contributed by atoms with Crippen molar-refractivity contribution in [3.05, 3.63) is 0 Å². The second-order valence-corrected chi connectivity index (χ2v) is 3.29. The summed E-state index contributed by atoms with van der Waals surface area (Å²) < 4.78 is 14.6. The molecule has 0 fully saturated rings. The minimum atomic E-state index is -2.70. The topological polar surface area (TPSA) is 46.5 Å². The lowest BCUT2D eigenvalue weighted by Gasteiger charge is -2.07. The van der Waals surface area contributed by atoms with Crippen LogP contribution < -0.4 is 0 Å². The van der Waals surface area contributed by atoms with Gasteiger partial charge in [0.25, 0.3) is 0 Å². The van der Waals surface area contributed by atoms with E-state index in [9.17, 15) is 4.57 Å². The highest BCUT2D eigenvalue weighted by Gasteiger charge is 2.01. The van der Waals surface area contributed by atoms with Crippen molar-refractivity contribution in [3.8, 4) is 0 Å². The zero-order chi connectivity index (χ0) is 7.98. The smallest absolute Gasteiger partial charge is 0.316 e. The van der Waals surface area contributed by atoms with Crippen molar-refractivity contribution in [2.75, 3.05) is 6.61 Å². The summed E-state index contributed by atoms with van der Waals surface area (Å²) in [6, 6.07) is 0. The Morgan fingerprint density at radius 2 is 2.30 bits per heavy atom. The van der Waals surface area contributed by atoms with E-state index >= 15 is 0 Å². The normalized spacial score (nSPS) is 16.7. The van der Waals surface area contributed by atoms with Crippen molar-refractivity contribution in [2.45, 2.75) is 26.7 Å². The molecule has 0 spiro atoms. The van der Waals surface area contributed by atoms with E-state index < -0.39 is 8.25 Å². The van der Waals surface area contributed by atoms with E-state index in [0.717, 1.165) is 12.8 Å². The molecule has 0 rings (SSSR count). The summed E-state index contributed by atoms with van der Waals surface area (Å²) in [6.45, 7) is 4.49. The molecule has 62 valence electrons. The van der Waals surface area contributed by atoms with Crippen LogP contribution in [0.4, 0.5) is 0 Å². The molecule has 0 radical (unpaired) electrons.